The van der Waals surface area contributed by atoms with Gasteiger partial charge in [-0.1, -0.05) is 25.1 Å². The molecular formula is C14H21NO2. The van der Waals surface area contributed by atoms with Crippen LogP contribution in [-0.4, -0.2) is 19.8 Å². The van der Waals surface area contributed by atoms with E-state index < -0.39 is 0 Å². The van der Waals surface area contributed by atoms with Gasteiger partial charge in [0.15, 0.2) is 0 Å². The van der Waals surface area contributed by atoms with Crippen molar-refractivity contribution in [2.75, 3.05) is 13.7 Å². The van der Waals surface area contributed by atoms with E-state index in [2.05, 4.69) is 25.1 Å². The van der Waals surface area contributed by atoms with Crippen LogP contribution in [0, 0.1) is 0 Å². The normalized spacial score (nSPS) is 18.1. The lowest BCUT2D eigenvalue weighted by Gasteiger charge is -2.27. The number of hydrogen-bond acceptors (Lipinski definition) is 3. The van der Waals surface area contributed by atoms with E-state index in [0.717, 1.165) is 37.2 Å². The molecule has 17 heavy (non-hydrogen) atoms. The maximum Gasteiger partial charge on any atom is 0.127 e. The lowest BCUT2D eigenvalue weighted by atomic mass is 9.94. The lowest BCUT2D eigenvalue weighted by molar-refractivity contribution is 0.0760. The average Bonchev–Trinajstić information content (AvgIpc) is 2.39. The van der Waals surface area contributed by atoms with Crippen molar-refractivity contribution < 1.29 is 9.47 Å². The van der Waals surface area contributed by atoms with Crippen LogP contribution in [0.3, 0.4) is 0 Å². The van der Waals surface area contributed by atoms with Crippen molar-refractivity contribution in [1.82, 2.24) is 0 Å². The van der Waals surface area contributed by atoms with E-state index in [1.165, 1.54) is 5.56 Å². The molecule has 2 unspecified atom stereocenters. The van der Waals surface area contributed by atoms with Crippen LogP contribution in [0.1, 0.15) is 36.9 Å². The smallest absolute Gasteiger partial charge is 0.127 e. The molecule has 1 heterocycles. The minimum absolute atomic E-state index is 0.0482. The summed E-state index contributed by atoms with van der Waals surface area (Å²) in [6.45, 7) is 2.88. The first-order chi connectivity index (χ1) is 8.27. The fraction of sp³-hybridized carbons (Fsp3) is 0.571. The molecule has 1 aliphatic rings. The van der Waals surface area contributed by atoms with E-state index in [9.17, 15) is 0 Å². The summed E-state index contributed by atoms with van der Waals surface area (Å²) in [5.41, 5.74) is 8.63. The lowest BCUT2D eigenvalue weighted by Crippen LogP contribution is -2.28. The zero-order valence-corrected chi connectivity index (χ0v) is 10.6. The summed E-state index contributed by atoms with van der Waals surface area (Å²) in [7, 11) is 1.71. The van der Waals surface area contributed by atoms with Crippen molar-refractivity contribution in [3.63, 3.8) is 0 Å². The highest BCUT2D eigenvalue weighted by Crippen LogP contribution is 2.34. The van der Waals surface area contributed by atoms with Crippen molar-refractivity contribution in [1.29, 1.82) is 0 Å². The second-order valence-corrected chi connectivity index (χ2v) is 4.50. The van der Waals surface area contributed by atoms with Gasteiger partial charge in [0.1, 0.15) is 5.75 Å². The molecule has 0 aliphatic carbocycles. The summed E-state index contributed by atoms with van der Waals surface area (Å²) in [4.78, 5) is 0. The van der Waals surface area contributed by atoms with Gasteiger partial charge in [0.05, 0.1) is 18.8 Å². The molecule has 3 heteroatoms. The number of methoxy groups -OCH3 is 1. The summed E-state index contributed by atoms with van der Waals surface area (Å²) in [6.07, 6.45) is 3.13. The number of para-hydroxylation sites is 1. The Morgan fingerprint density at radius 1 is 1.47 bits per heavy atom. The highest BCUT2D eigenvalue weighted by atomic mass is 16.5. The van der Waals surface area contributed by atoms with E-state index in [4.69, 9.17) is 15.2 Å². The zero-order valence-electron chi connectivity index (χ0n) is 10.6. The molecule has 0 spiro atoms. The number of rotatable bonds is 4. The summed E-state index contributed by atoms with van der Waals surface area (Å²) in [5, 5.41) is 0. The minimum atomic E-state index is -0.113. The Morgan fingerprint density at radius 2 is 2.29 bits per heavy atom. The third kappa shape index (κ3) is 2.45. The van der Waals surface area contributed by atoms with Crippen LogP contribution in [0.5, 0.6) is 5.75 Å². The number of aryl methyl sites for hydroxylation is 1. The van der Waals surface area contributed by atoms with E-state index in [1.807, 2.05) is 0 Å². The number of ether oxygens (including phenoxy) is 2. The Morgan fingerprint density at radius 3 is 3.00 bits per heavy atom. The fourth-order valence-corrected chi connectivity index (χ4v) is 2.44. The summed E-state index contributed by atoms with van der Waals surface area (Å²) in [5.74, 6) is 0.988. The SMILES string of the molecule is CCC(OC)C(N)c1cccc2c1OCCC2. The molecule has 2 atom stereocenters. The van der Waals surface area contributed by atoms with Gasteiger partial charge in [-0.2, -0.15) is 0 Å². The second kappa shape index (κ2) is 5.52. The van der Waals surface area contributed by atoms with Crippen molar-refractivity contribution in [2.45, 2.75) is 38.3 Å². The van der Waals surface area contributed by atoms with Crippen molar-refractivity contribution in [2.24, 2.45) is 5.73 Å². The van der Waals surface area contributed by atoms with Crippen LogP contribution in [0.4, 0.5) is 0 Å². The van der Waals surface area contributed by atoms with Gasteiger partial charge in [-0.05, 0) is 24.8 Å². The standard InChI is InChI=1S/C14H21NO2/c1-3-12(16-2)13(15)11-8-4-6-10-7-5-9-17-14(10)11/h4,6,8,12-13H,3,5,7,9,15H2,1-2H3. The number of hydrogen-bond donors (Lipinski definition) is 1. The van der Waals surface area contributed by atoms with Crippen molar-refractivity contribution >= 4 is 0 Å². The van der Waals surface area contributed by atoms with Gasteiger partial charge in [0, 0.05) is 12.7 Å². The van der Waals surface area contributed by atoms with Crippen molar-refractivity contribution in [3.8, 4) is 5.75 Å². The number of benzene rings is 1. The van der Waals surface area contributed by atoms with Gasteiger partial charge in [-0.25, -0.2) is 0 Å². The third-order valence-electron chi connectivity index (χ3n) is 3.43. The predicted molar refractivity (Wildman–Crippen MR) is 68.3 cm³/mol. The van der Waals surface area contributed by atoms with Crippen LogP contribution in [0.2, 0.25) is 0 Å². The van der Waals surface area contributed by atoms with E-state index in [1.54, 1.807) is 7.11 Å². The molecule has 0 amide bonds. The summed E-state index contributed by atoms with van der Waals surface area (Å²) < 4.78 is 11.2. The Bertz CT molecular complexity index is 374. The molecule has 2 N–H and O–H groups in total. The van der Waals surface area contributed by atoms with Crippen LogP contribution in [0.25, 0.3) is 0 Å². The molecule has 94 valence electrons. The number of fused-ring (bicyclic) bond motifs is 1. The Kier molecular flexibility index (Phi) is 4.02. The first-order valence-corrected chi connectivity index (χ1v) is 6.31. The topological polar surface area (TPSA) is 44.5 Å². The number of nitrogens with two attached hydrogens (primary N) is 1. The molecule has 0 radical (unpaired) electrons. The average molecular weight is 235 g/mol. The van der Waals surface area contributed by atoms with Gasteiger partial charge in [-0.3, -0.25) is 0 Å². The molecule has 0 saturated heterocycles. The zero-order chi connectivity index (χ0) is 12.3. The Hall–Kier alpha value is -1.06. The minimum Gasteiger partial charge on any atom is -0.493 e. The third-order valence-corrected chi connectivity index (χ3v) is 3.43. The molecule has 1 aromatic carbocycles. The van der Waals surface area contributed by atoms with Gasteiger partial charge in [-0.15, -0.1) is 0 Å². The largest absolute Gasteiger partial charge is 0.493 e. The molecule has 0 aromatic heterocycles. The van der Waals surface area contributed by atoms with Crippen molar-refractivity contribution in [3.05, 3.63) is 29.3 Å². The fourth-order valence-electron chi connectivity index (χ4n) is 2.44. The first kappa shape index (κ1) is 12.4. The highest BCUT2D eigenvalue weighted by Gasteiger charge is 2.23. The quantitative estimate of drug-likeness (QED) is 0.871. The maximum absolute atomic E-state index is 6.28. The predicted octanol–water partition coefficient (Wildman–Crippen LogP) is 2.44. The van der Waals surface area contributed by atoms with Crippen LogP contribution < -0.4 is 10.5 Å². The molecule has 0 saturated carbocycles. The Labute approximate surface area is 103 Å². The molecular weight excluding hydrogens is 214 g/mol. The first-order valence-electron chi connectivity index (χ1n) is 6.31. The van der Waals surface area contributed by atoms with E-state index in [0.29, 0.717) is 0 Å². The van der Waals surface area contributed by atoms with Gasteiger partial charge < -0.3 is 15.2 Å². The highest BCUT2D eigenvalue weighted by molar-refractivity contribution is 5.44. The molecule has 3 nitrogen and oxygen atoms in total. The molecule has 0 fully saturated rings. The van der Waals surface area contributed by atoms with E-state index in [-0.39, 0.29) is 12.1 Å². The van der Waals surface area contributed by atoms with Crippen LogP contribution >= 0.6 is 0 Å². The molecule has 0 bridgehead atoms. The van der Waals surface area contributed by atoms with Crippen LogP contribution in [0.15, 0.2) is 18.2 Å². The van der Waals surface area contributed by atoms with Crippen LogP contribution in [-0.2, 0) is 11.2 Å². The monoisotopic (exact) mass is 235 g/mol. The maximum atomic E-state index is 6.28. The van der Waals surface area contributed by atoms with Gasteiger partial charge in [0.2, 0.25) is 0 Å². The Balaban J connectivity index is 2.31. The van der Waals surface area contributed by atoms with Gasteiger partial charge in [0.25, 0.3) is 0 Å². The summed E-state index contributed by atoms with van der Waals surface area (Å²) >= 11 is 0. The molecule has 1 aliphatic heterocycles. The molecule has 1 aromatic rings. The summed E-state index contributed by atoms with van der Waals surface area (Å²) in [6, 6.07) is 6.12. The molecule has 2 rings (SSSR count). The van der Waals surface area contributed by atoms with Gasteiger partial charge >= 0.3 is 0 Å². The van der Waals surface area contributed by atoms with E-state index >= 15 is 0 Å². The second-order valence-electron chi connectivity index (χ2n) is 4.50.